The van der Waals surface area contributed by atoms with Crippen molar-refractivity contribution in [1.82, 2.24) is 10.3 Å². The van der Waals surface area contributed by atoms with Crippen molar-refractivity contribution in [2.24, 2.45) is 0 Å². The summed E-state index contributed by atoms with van der Waals surface area (Å²) < 4.78 is 5.27. The summed E-state index contributed by atoms with van der Waals surface area (Å²) in [6, 6.07) is 0.568. The van der Waals surface area contributed by atoms with E-state index in [-0.39, 0.29) is 0 Å². The first-order valence-corrected chi connectivity index (χ1v) is 5.57. The number of hydrogen-bond donors (Lipinski definition) is 1. The average Bonchev–Trinajstić information content (AvgIpc) is 2.75. The van der Waals surface area contributed by atoms with Gasteiger partial charge in [-0.3, -0.25) is 0 Å². The first-order chi connectivity index (χ1) is 6.45. The van der Waals surface area contributed by atoms with E-state index in [0.717, 1.165) is 32.6 Å². The molecule has 1 unspecified atom stereocenters. The van der Waals surface area contributed by atoms with E-state index in [9.17, 15) is 0 Å². The molecule has 0 aliphatic carbocycles. The highest BCUT2D eigenvalue weighted by Crippen LogP contribution is 2.04. The Labute approximate surface area is 82.1 Å². The quantitative estimate of drug-likeness (QED) is 0.785. The fraction of sp³-hybridized carbons (Fsp3) is 0.667. The maximum Gasteiger partial charge on any atom is 0.0794 e. The summed E-state index contributed by atoms with van der Waals surface area (Å²) in [5, 5.41) is 5.56. The topological polar surface area (TPSA) is 34.2 Å². The highest BCUT2D eigenvalue weighted by molar-refractivity contribution is 7.07. The van der Waals surface area contributed by atoms with Gasteiger partial charge in [-0.25, -0.2) is 4.98 Å². The molecule has 1 aromatic rings. The Morgan fingerprint density at radius 1 is 1.69 bits per heavy atom. The van der Waals surface area contributed by atoms with Gasteiger partial charge in [-0.2, -0.15) is 0 Å². The Bertz CT molecular complexity index is 232. The van der Waals surface area contributed by atoms with E-state index >= 15 is 0 Å². The van der Waals surface area contributed by atoms with Crippen molar-refractivity contribution in [3.63, 3.8) is 0 Å². The Balaban J connectivity index is 1.63. The molecule has 72 valence electrons. The van der Waals surface area contributed by atoms with Crippen molar-refractivity contribution in [3.8, 4) is 0 Å². The van der Waals surface area contributed by atoms with Crippen LogP contribution in [0, 0.1) is 0 Å². The number of hydrogen-bond acceptors (Lipinski definition) is 4. The van der Waals surface area contributed by atoms with Crippen LogP contribution in [0.15, 0.2) is 10.9 Å². The zero-order valence-electron chi connectivity index (χ0n) is 7.53. The van der Waals surface area contributed by atoms with E-state index in [1.54, 1.807) is 11.3 Å². The summed E-state index contributed by atoms with van der Waals surface area (Å²) in [5.74, 6) is 0. The summed E-state index contributed by atoms with van der Waals surface area (Å²) in [6.45, 7) is 2.79. The molecule has 1 aliphatic rings. The minimum Gasteiger partial charge on any atom is -0.380 e. The Morgan fingerprint density at radius 3 is 3.38 bits per heavy atom. The van der Waals surface area contributed by atoms with Crippen LogP contribution < -0.4 is 5.32 Å². The molecule has 1 aromatic heterocycles. The summed E-state index contributed by atoms with van der Waals surface area (Å²) in [6.07, 6.45) is 2.18. The zero-order valence-corrected chi connectivity index (χ0v) is 8.35. The lowest BCUT2D eigenvalue weighted by Gasteiger charge is -2.08. The van der Waals surface area contributed by atoms with Gasteiger partial charge in [0.25, 0.3) is 0 Å². The van der Waals surface area contributed by atoms with E-state index in [0.29, 0.717) is 6.04 Å². The lowest BCUT2D eigenvalue weighted by molar-refractivity contribution is 0.190. The van der Waals surface area contributed by atoms with Gasteiger partial charge >= 0.3 is 0 Å². The second-order valence-electron chi connectivity index (χ2n) is 3.24. The Hall–Kier alpha value is -0.450. The van der Waals surface area contributed by atoms with Gasteiger partial charge in [0.05, 0.1) is 17.8 Å². The Kier molecular flexibility index (Phi) is 3.29. The van der Waals surface area contributed by atoms with Crippen LogP contribution in [-0.2, 0) is 11.2 Å². The fourth-order valence-corrected chi connectivity index (χ4v) is 2.05. The number of nitrogens with zero attached hydrogens (tertiary/aromatic N) is 1. The molecule has 1 saturated heterocycles. The van der Waals surface area contributed by atoms with Gasteiger partial charge < -0.3 is 10.1 Å². The molecule has 1 atom stereocenters. The van der Waals surface area contributed by atoms with Gasteiger partial charge in [0.1, 0.15) is 0 Å². The van der Waals surface area contributed by atoms with E-state index in [4.69, 9.17) is 4.74 Å². The average molecular weight is 198 g/mol. The molecule has 1 aliphatic heterocycles. The molecular weight excluding hydrogens is 184 g/mol. The number of aromatic nitrogens is 1. The van der Waals surface area contributed by atoms with Crippen molar-refractivity contribution in [3.05, 3.63) is 16.6 Å². The summed E-state index contributed by atoms with van der Waals surface area (Å²) >= 11 is 1.66. The first-order valence-electron chi connectivity index (χ1n) is 4.63. The van der Waals surface area contributed by atoms with Crippen LogP contribution in [0.4, 0.5) is 0 Å². The van der Waals surface area contributed by atoms with Crippen molar-refractivity contribution in [1.29, 1.82) is 0 Å². The molecule has 4 heteroatoms. The normalized spacial score (nSPS) is 22.3. The second-order valence-corrected chi connectivity index (χ2v) is 3.96. The molecule has 1 N–H and O–H groups in total. The number of nitrogens with one attached hydrogen (secondary N) is 1. The lowest BCUT2D eigenvalue weighted by atomic mass is 10.2. The van der Waals surface area contributed by atoms with Crippen molar-refractivity contribution in [2.75, 3.05) is 19.8 Å². The van der Waals surface area contributed by atoms with Gasteiger partial charge in [-0.05, 0) is 6.42 Å². The molecule has 0 saturated carbocycles. The molecule has 13 heavy (non-hydrogen) atoms. The molecule has 3 nitrogen and oxygen atoms in total. The largest absolute Gasteiger partial charge is 0.380 e. The van der Waals surface area contributed by atoms with Crippen LogP contribution in [0.2, 0.25) is 0 Å². The molecular formula is C9H14N2OS. The minimum absolute atomic E-state index is 0.568. The second kappa shape index (κ2) is 4.69. The maximum atomic E-state index is 5.27. The first kappa shape index (κ1) is 9.12. The van der Waals surface area contributed by atoms with Gasteiger partial charge in [0, 0.05) is 31.0 Å². The maximum absolute atomic E-state index is 5.27. The predicted octanol–water partition coefficient (Wildman–Crippen LogP) is 1.06. The van der Waals surface area contributed by atoms with Crippen molar-refractivity contribution in [2.45, 2.75) is 18.9 Å². The van der Waals surface area contributed by atoms with E-state index in [2.05, 4.69) is 15.7 Å². The van der Waals surface area contributed by atoms with Crippen LogP contribution in [0.5, 0.6) is 0 Å². The van der Waals surface area contributed by atoms with Gasteiger partial charge in [0.2, 0.25) is 0 Å². The van der Waals surface area contributed by atoms with Gasteiger partial charge in [-0.1, -0.05) is 0 Å². The monoisotopic (exact) mass is 198 g/mol. The molecule has 0 spiro atoms. The molecule has 0 bridgehead atoms. The number of rotatable bonds is 4. The third-order valence-electron chi connectivity index (χ3n) is 2.23. The highest BCUT2D eigenvalue weighted by atomic mass is 32.1. The van der Waals surface area contributed by atoms with Crippen molar-refractivity contribution < 1.29 is 4.74 Å². The van der Waals surface area contributed by atoms with Gasteiger partial charge in [0.15, 0.2) is 0 Å². The molecule has 1 fully saturated rings. The van der Waals surface area contributed by atoms with E-state index in [1.165, 1.54) is 5.69 Å². The third kappa shape index (κ3) is 2.76. The van der Waals surface area contributed by atoms with E-state index in [1.807, 2.05) is 5.51 Å². The van der Waals surface area contributed by atoms with Crippen LogP contribution in [-0.4, -0.2) is 30.8 Å². The molecule has 2 heterocycles. The van der Waals surface area contributed by atoms with Crippen LogP contribution >= 0.6 is 11.3 Å². The highest BCUT2D eigenvalue weighted by Gasteiger charge is 2.13. The number of ether oxygens (including phenoxy) is 1. The summed E-state index contributed by atoms with van der Waals surface area (Å²) in [7, 11) is 0. The summed E-state index contributed by atoms with van der Waals surface area (Å²) in [5.41, 5.74) is 3.07. The Morgan fingerprint density at radius 2 is 2.69 bits per heavy atom. The fourth-order valence-electron chi connectivity index (χ4n) is 1.46. The smallest absolute Gasteiger partial charge is 0.0794 e. The SMILES string of the molecule is c1nc(CCNC2CCOC2)cs1. The van der Waals surface area contributed by atoms with E-state index < -0.39 is 0 Å². The predicted molar refractivity (Wildman–Crippen MR) is 53.0 cm³/mol. The lowest BCUT2D eigenvalue weighted by Crippen LogP contribution is -2.30. The van der Waals surface area contributed by atoms with Crippen molar-refractivity contribution >= 4 is 11.3 Å². The summed E-state index contributed by atoms with van der Waals surface area (Å²) in [4.78, 5) is 4.23. The number of thiazole rings is 1. The zero-order chi connectivity index (χ0) is 8.93. The van der Waals surface area contributed by atoms with Crippen LogP contribution in [0.3, 0.4) is 0 Å². The molecule has 0 aromatic carbocycles. The molecule has 0 radical (unpaired) electrons. The molecule has 0 amide bonds. The van der Waals surface area contributed by atoms with Crippen LogP contribution in [0.1, 0.15) is 12.1 Å². The standard InChI is InChI=1S/C9H14N2OS/c1(9-6-13-7-11-9)3-10-8-2-4-12-5-8/h6-8,10H,1-5H2. The van der Waals surface area contributed by atoms with Crippen LogP contribution in [0.25, 0.3) is 0 Å². The minimum atomic E-state index is 0.568. The third-order valence-corrected chi connectivity index (χ3v) is 2.86. The molecule has 2 rings (SSSR count). The van der Waals surface area contributed by atoms with Gasteiger partial charge in [-0.15, -0.1) is 11.3 Å².